The third-order valence-corrected chi connectivity index (χ3v) is 4.24. The Balaban J connectivity index is 1.88. The smallest absolute Gasteiger partial charge is 0.253 e. The number of hydrogen-bond acceptors (Lipinski definition) is 5. The first-order valence-electron chi connectivity index (χ1n) is 6.71. The first-order valence-corrected chi connectivity index (χ1v) is 7.53. The number of benzene rings is 1. The number of thiazole rings is 1. The van der Waals surface area contributed by atoms with Gasteiger partial charge >= 0.3 is 0 Å². The van der Waals surface area contributed by atoms with Crippen LogP contribution in [0.2, 0.25) is 0 Å². The number of aliphatic hydroxyl groups excluding tert-OH is 1. The minimum absolute atomic E-state index is 0.0906. The minimum atomic E-state index is -0.282. The van der Waals surface area contributed by atoms with Crippen LogP contribution in [-0.4, -0.2) is 40.9 Å². The summed E-state index contributed by atoms with van der Waals surface area (Å²) in [5.41, 5.74) is 2.09. The number of aliphatic imine (C=N–C) groups is 1. The lowest BCUT2D eigenvalue weighted by Crippen LogP contribution is -2.37. The quantitative estimate of drug-likeness (QED) is 0.899. The first kappa shape index (κ1) is 13.9. The summed E-state index contributed by atoms with van der Waals surface area (Å²) in [5.74, 6) is -0.216. The van der Waals surface area contributed by atoms with Gasteiger partial charge in [-0.25, -0.2) is 4.98 Å². The van der Waals surface area contributed by atoms with E-state index in [9.17, 15) is 4.79 Å². The van der Waals surface area contributed by atoms with Crippen LogP contribution in [0.3, 0.4) is 0 Å². The molecule has 0 bridgehead atoms. The Morgan fingerprint density at radius 1 is 1.48 bits per heavy atom. The molecule has 6 heteroatoms. The highest BCUT2D eigenvalue weighted by molar-refractivity contribution is 7.20. The van der Waals surface area contributed by atoms with Crippen molar-refractivity contribution in [1.29, 1.82) is 0 Å². The lowest BCUT2D eigenvalue weighted by molar-refractivity contribution is -0.117. The maximum Gasteiger partial charge on any atom is 0.253 e. The molecule has 1 amide bonds. The number of aliphatic hydroxyl groups is 1. The van der Waals surface area contributed by atoms with Gasteiger partial charge in [-0.15, -0.1) is 11.3 Å². The molecule has 0 saturated carbocycles. The zero-order valence-corrected chi connectivity index (χ0v) is 12.4. The molecule has 0 radical (unpaired) electrons. The van der Waals surface area contributed by atoms with E-state index < -0.39 is 0 Å². The summed E-state index contributed by atoms with van der Waals surface area (Å²) in [6.45, 7) is 2.15. The Hall–Kier alpha value is -2.05. The van der Waals surface area contributed by atoms with Crippen LogP contribution in [0, 0.1) is 0 Å². The molecule has 1 aliphatic rings. The Bertz CT molecular complexity index is 715. The third-order valence-electron chi connectivity index (χ3n) is 3.19. The predicted molar refractivity (Wildman–Crippen MR) is 83.8 cm³/mol. The molecule has 1 aliphatic heterocycles. The fraction of sp³-hybridized carbons (Fsp3) is 0.267. The number of carbonyl (C=O) groups excluding carboxylic acids is 1. The molecule has 3 rings (SSSR count). The Labute approximate surface area is 126 Å². The number of para-hydroxylation sites is 1. The van der Waals surface area contributed by atoms with Crippen molar-refractivity contribution in [2.24, 2.45) is 4.99 Å². The monoisotopic (exact) mass is 301 g/mol. The van der Waals surface area contributed by atoms with Gasteiger partial charge in [0.2, 0.25) is 0 Å². The van der Waals surface area contributed by atoms with E-state index in [-0.39, 0.29) is 18.6 Å². The Kier molecular flexibility index (Phi) is 3.81. The van der Waals surface area contributed by atoms with Crippen LogP contribution in [0.4, 0.5) is 0 Å². The molecule has 1 atom stereocenters. The van der Waals surface area contributed by atoms with E-state index >= 15 is 0 Å². The summed E-state index contributed by atoms with van der Waals surface area (Å²) in [4.78, 5) is 21.1. The molecule has 1 aromatic carbocycles. The van der Waals surface area contributed by atoms with Gasteiger partial charge in [0, 0.05) is 6.04 Å². The van der Waals surface area contributed by atoms with Crippen molar-refractivity contribution >= 4 is 33.2 Å². The second-order valence-corrected chi connectivity index (χ2v) is 5.88. The van der Waals surface area contributed by atoms with E-state index in [0.29, 0.717) is 17.8 Å². The number of aromatic nitrogens is 1. The number of fused-ring (bicyclic) bond motifs is 1. The van der Waals surface area contributed by atoms with E-state index in [1.165, 1.54) is 11.3 Å². The van der Waals surface area contributed by atoms with Gasteiger partial charge in [0.15, 0.2) is 0 Å². The summed E-state index contributed by atoms with van der Waals surface area (Å²) < 4.78 is 1.07. The molecule has 2 N–H and O–H groups in total. The number of amides is 1. The van der Waals surface area contributed by atoms with Crippen molar-refractivity contribution in [3.8, 4) is 0 Å². The molecule has 2 aromatic rings. The fourth-order valence-corrected chi connectivity index (χ4v) is 3.10. The topological polar surface area (TPSA) is 74.6 Å². The van der Waals surface area contributed by atoms with Gasteiger partial charge in [0.05, 0.1) is 28.9 Å². The van der Waals surface area contributed by atoms with Crippen molar-refractivity contribution < 1.29 is 9.90 Å². The Morgan fingerprint density at radius 3 is 3.05 bits per heavy atom. The predicted octanol–water partition coefficient (Wildman–Crippen LogP) is 1.52. The van der Waals surface area contributed by atoms with E-state index in [4.69, 9.17) is 5.11 Å². The number of carbonyl (C=O) groups is 1. The van der Waals surface area contributed by atoms with Crippen LogP contribution in [-0.2, 0) is 4.79 Å². The maximum atomic E-state index is 12.2. The highest BCUT2D eigenvalue weighted by atomic mass is 32.1. The third kappa shape index (κ3) is 2.72. The van der Waals surface area contributed by atoms with Gasteiger partial charge in [-0.1, -0.05) is 12.1 Å². The van der Waals surface area contributed by atoms with Crippen molar-refractivity contribution in [3.05, 3.63) is 40.9 Å². The van der Waals surface area contributed by atoms with Crippen LogP contribution in [0.1, 0.15) is 11.9 Å². The van der Waals surface area contributed by atoms with Crippen molar-refractivity contribution in [2.75, 3.05) is 13.2 Å². The zero-order valence-electron chi connectivity index (χ0n) is 11.5. The van der Waals surface area contributed by atoms with E-state index in [1.807, 2.05) is 24.3 Å². The van der Waals surface area contributed by atoms with Crippen LogP contribution >= 0.6 is 11.3 Å². The Morgan fingerprint density at radius 2 is 2.29 bits per heavy atom. The molecular weight excluding hydrogens is 286 g/mol. The van der Waals surface area contributed by atoms with Crippen molar-refractivity contribution in [2.45, 2.75) is 13.0 Å². The second-order valence-electron chi connectivity index (χ2n) is 4.85. The average molecular weight is 301 g/mol. The summed E-state index contributed by atoms with van der Waals surface area (Å²) >= 11 is 1.53. The summed E-state index contributed by atoms with van der Waals surface area (Å²) in [5, 5.41) is 12.5. The summed E-state index contributed by atoms with van der Waals surface area (Å²) in [6, 6.07) is 7.57. The number of hydrogen-bond donors (Lipinski definition) is 2. The van der Waals surface area contributed by atoms with E-state index in [0.717, 1.165) is 15.2 Å². The molecule has 0 unspecified atom stereocenters. The van der Waals surface area contributed by atoms with Crippen molar-refractivity contribution in [3.63, 3.8) is 0 Å². The lowest BCUT2D eigenvalue weighted by Gasteiger charge is -2.11. The summed E-state index contributed by atoms with van der Waals surface area (Å²) in [6.07, 6.45) is 1.79. The summed E-state index contributed by atoms with van der Waals surface area (Å²) in [7, 11) is 0. The van der Waals surface area contributed by atoms with Crippen LogP contribution in [0.15, 0.2) is 40.9 Å². The SMILES string of the molecule is C[C@@H](CO)NC(=O)C1=CCN=C1c1nc2ccccc2s1. The second kappa shape index (κ2) is 5.75. The molecule has 21 heavy (non-hydrogen) atoms. The molecule has 108 valence electrons. The molecule has 0 aliphatic carbocycles. The van der Waals surface area contributed by atoms with Gasteiger partial charge in [0.25, 0.3) is 5.91 Å². The number of nitrogens with one attached hydrogen (secondary N) is 1. The van der Waals surface area contributed by atoms with Gasteiger partial charge in [-0.3, -0.25) is 9.79 Å². The molecular formula is C15H15N3O2S. The maximum absolute atomic E-state index is 12.2. The van der Waals surface area contributed by atoms with Crippen LogP contribution in [0.25, 0.3) is 10.2 Å². The van der Waals surface area contributed by atoms with Crippen LogP contribution < -0.4 is 5.32 Å². The lowest BCUT2D eigenvalue weighted by atomic mass is 10.1. The van der Waals surface area contributed by atoms with E-state index in [2.05, 4.69) is 15.3 Å². The number of rotatable bonds is 4. The number of nitrogens with zero attached hydrogens (tertiary/aromatic N) is 2. The van der Waals surface area contributed by atoms with Gasteiger partial charge in [0.1, 0.15) is 10.7 Å². The van der Waals surface area contributed by atoms with Gasteiger partial charge in [-0.05, 0) is 25.1 Å². The first-order chi connectivity index (χ1) is 10.2. The average Bonchev–Trinajstić information content (AvgIpc) is 3.12. The minimum Gasteiger partial charge on any atom is -0.394 e. The van der Waals surface area contributed by atoms with E-state index in [1.54, 1.807) is 13.0 Å². The molecule has 0 fully saturated rings. The van der Waals surface area contributed by atoms with Gasteiger partial charge < -0.3 is 10.4 Å². The highest BCUT2D eigenvalue weighted by Crippen LogP contribution is 2.25. The highest BCUT2D eigenvalue weighted by Gasteiger charge is 2.24. The molecule has 1 aromatic heterocycles. The fourth-order valence-electron chi connectivity index (χ4n) is 2.11. The normalized spacial score (nSPS) is 15.7. The molecule has 5 nitrogen and oxygen atoms in total. The largest absolute Gasteiger partial charge is 0.394 e. The van der Waals surface area contributed by atoms with Crippen LogP contribution in [0.5, 0.6) is 0 Å². The molecule has 0 saturated heterocycles. The molecule has 2 heterocycles. The zero-order chi connectivity index (χ0) is 14.8. The van der Waals surface area contributed by atoms with Gasteiger partial charge in [-0.2, -0.15) is 0 Å². The van der Waals surface area contributed by atoms with Crippen molar-refractivity contribution in [1.82, 2.24) is 10.3 Å². The standard InChI is InChI=1S/C15H15N3O2S/c1-9(8-19)17-14(20)10-6-7-16-13(10)15-18-11-4-2-3-5-12(11)21-15/h2-6,9,19H,7-8H2,1H3,(H,17,20)/t9-/m0/s1. The molecule has 0 spiro atoms.